The Kier molecular flexibility index (Phi) is 21.8. The topological polar surface area (TPSA) is 71.3 Å². The second-order valence-electron chi connectivity index (χ2n) is 22.6. The summed E-state index contributed by atoms with van der Waals surface area (Å²) in [7, 11) is 0. The first-order valence-corrected chi connectivity index (χ1v) is 30.2. The number of rotatable bonds is 16. The number of hydrogen-bond donors (Lipinski definition) is 0. The van der Waals surface area contributed by atoms with Gasteiger partial charge in [0, 0.05) is 33.9 Å². The van der Waals surface area contributed by atoms with E-state index in [0.717, 1.165) is 103 Å². The molecule has 0 N–H and O–H groups in total. The van der Waals surface area contributed by atoms with Crippen LogP contribution >= 0.6 is 0 Å². The molecule has 0 radical (unpaired) electrons. The summed E-state index contributed by atoms with van der Waals surface area (Å²) in [6.07, 6.45) is 4.97. The van der Waals surface area contributed by atoms with Crippen LogP contribution in [0.3, 0.4) is 0 Å². The molecule has 12 rings (SSSR count). The van der Waals surface area contributed by atoms with Crippen molar-refractivity contribution < 1.29 is 26.3 Å². The maximum absolute atomic E-state index is 13.6. The van der Waals surface area contributed by atoms with Crippen molar-refractivity contribution in [2.45, 2.75) is 107 Å². The molecular weight excluding hydrogens is 1140 g/mol. The van der Waals surface area contributed by atoms with Gasteiger partial charge in [0.15, 0.2) is 0 Å². The third-order valence-corrected chi connectivity index (χ3v) is 15.5. The Balaban J connectivity index is 0.000000142. The van der Waals surface area contributed by atoms with Crippen LogP contribution in [0.5, 0.6) is 0 Å². The van der Waals surface area contributed by atoms with Crippen LogP contribution in [0.15, 0.2) is 206 Å². The van der Waals surface area contributed by atoms with Crippen LogP contribution in [0.4, 0.5) is 26.3 Å². The SMILES string of the molecule is Cc1cc(C)n(-c2ccc(CCc3c(F)cccc3F)cc2)n1.Cc1cc(C)n(-c2ccc(CCc3c(F)cccc3F)cc2)n1.Cc1cc(C)n(-c2ccc(CCc3ccccc3F)cc2)n1.Cc1cc(C)n(-c2ccc(CCc3ccccc3F)cc2)n1. The van der Waals surface area contributed by atoms with Gasteiger partial charge in [-0.05, 0) is 249 Å². The van der Waals surface area contributed by atoms with E-state index >= 15 is 0 Å². The predicted molar refractivity (Wildman–Crippen MR) is 347 cm³/mol. The van der Waals surface area contributed by atoms with E-state index in [-0.39, 0.29) is 22.8 Å². The van der Waals surface area contributed by atoms with Gasteiger partial charge in [-0.2, -0.15) is 20.4 Å². The van der Waals surface area contributed by atoms with Gasteiger partial charge in [0.25, 0.3) is 0 Å². The maximum atomic E-state index is 13.6. The first-order valence-electron chi connectivity index (χ1n) is 30.2. The molecule has 90 heavy (non-hydrogen) atoms. The summed E-state index contributed by atoms with van der Waals surface area (Å²) < 4.78 is 89.4. The number of nitrogens with zero attached hydrogens (tertiary/aromatic N) is 8. The molecule has 8 nitrogen and oxygen atoms in total. The molecule has 0 aliphatic rings. The van der Waals surface area contributed by atoms with Crippen molar-refractivity contribution in [1.29, 1.82) is 0 Å². The number of hydrogen-bond acceptors (Lipinski definition) is 4. The van der Waals surface area contributed by atoms with E-state index in [1.165, 1.54) is 59.7 Å². The van der Waals surface area contributed by atoms with E-state index in [1.54, 1.807) is 12.1 Å². The molecule has 0 amide bonds. The molecule has 14 heteroatoms. The van der Waals surface area contributed by atoms with Crippen molar-refractivity contribution in [2.24, 2.45) is 0 Å². The fraction of sp³-hybridized carbons (Fsp3) is 0.211. The zero-order valence-corrected chi connectivity index (χ0v) is 52.1. The van der Waals surface area contributed by atoms with E-state index in [4.69, 9.17) is 0 Å². The molecule has 4 heterocycles. The van der Waals surface area contributed by atoms with E-state index in [0.29, 0.717) is 38.5 Å². The van der Waals surface area contributed by atoms with Crippen LogP contribution in [0.25, 0.3) is 22.7 Å². The summed E-state index contributed by atoms with van der Waals surface area (Å²) >= 11 is 0. The Bertz CT molecular complexity index is 3970. The normalized spacial score (nSPS) is 10.9. The molecule has 0 unspecified atom stereocenters. The molecule has 460 valence electrons. The lowest BCUT2D eigenvalue weighted by molar-refractivity contribution is 0.554. The minimum atomic E-state index is -0.482. The smallest absolute Gasteiger partial charge is 0.129 e. The van der Waals surface area contributed by atoms with Gasteiger partial charge in [0.2, 0.25) is 0 Å². The first kappa shape index (κ1) is 64.6. The fourth-order valence-corrected chi connectivity index (χ4v) is 10.8. The van der Waals surface area contributed by atoms with Crippen molar-refractivity contribution in [2.75, 3.05) is 0 Å². The summed E-state index contributed by atoms with van der Waals surface area (Å²) in [5, 5.41) is 17.9. The van der Waals surface area contributed by atoms with E-state index in [2.05, 4.69) is 81.1 Å². The molecule has 0 spiro atoms. The summed E-state index contributed by atoms with van der Waals surface area (Å²) in [6.45, 7) is 16.0. The number of aromatic nitrogens is 8. The highest BCUT2D eigenvalue weighted by Crippen LogP contribution is 2.22. The van der Waals surface area contributed by atoms with Crippen molar-refractivity contribution in [3.63, 3.8) is 0 Å². The highest BCUT2D eigenvalue weighted by molar-refractivity contribution is 5.40. The van der Waals surface area contributed by atoms with E-state index < -0.39 is 23.3 Å². The van der Waals surface area contributed by atoms with Crippen molar-refractivity contribution in [1.82, 2.24) is 39.1 Å². The number of aryl methyl sites for hydroxylation is 14. The van der Waals surface area contributed by atoms with Crippen LogP contribution in [0, 0.1) is 90.3 Å². The summed E-state index contributed by atoms with van der Waals surface area (Å²) in [5.74, 6) is -2.18. The summed E-state index contributed by atoms with van der Waals surface area (Å²) in [5.41, 5.74) is 18.8. The van der Waals surface area contributed by atoms with Gasteiger partial charge in [-0.1, -0.05) is 97.1 Å². The first-order chi connectivity index (χ1) is 43.3. The Labute approximate surface area is 523 Å². The van der Waals surface area contributed by atoms with Gasteiger partial charge >= 0.3 is 0 Å². The molecule has 0 aliphatic heterocycles. The minimum Gasteiger partial charge on any atom is -0.238 e. The number of halogens is 6. The zero-order chi connectivity index (χ0) is 63.8. The third kappa shape index (κ3) is 17.3. The monoisotopic (exact) mass is 1210 g/mol. The van der Waals surface area contributed by atoms with Gasteiger partial charge in [-0.25, -0.2) is 45.1 Å². The van der Waals surface area contributed by atoms with Crippen LogP contribution in [-0.2, 0) is 51.4 Å². The Morgan fingerprint density at radius 2 is 0.467 bits per heavy atom. The Morgan fingerprint density at radius 3 is 0.689 bits per heavy atom. The lowest BCUT2D eigenvalue weighted by Gasteiger charge is -2.07. The van der Waals surface area contributed by atoms with Crippen LogP contribution in [0.1, 0.15) is 90.1 Å². The van der Waals surface area contributed by atoms with Gasteiger partial charge in [0.1, 0.15) is 34.9 Å². The second-order valence-corrected chi connectivity index (χ2v) is 22.6. The van der Waals surface area contributed by atoms with Crippen LogP contribution in [0.2, 0.25) is 0 Å². The number of benzene rings is 8. The third-order valence-electron chi connectivity index (χ3n) is 15.5. The molecule has 4 aromatic heterocycles. The van der Waals surface area contributed by atoms with Crippen molar-refractivity contribution in [3.05, 3.63) is 331 Å². The largest absolute Gasteiger partial charge is 0.238 e. The fourth-order valence-electron chi connectivity index (χ4n) is 10.8. The van der Waals surface area contributed by atoms with Crippen molar-refractivity contribution >= 4 is 0 Å². The maximum Gasteiger partial charge on any atom is 0.129 e. The average molecular weight is 1210 g/mol. The molecule has 0 fully saturated rings. The van der Waals surface area contributed by atoms with Gasteiger partial charge in [-0.3, -0.25) is 0 Å². The van der Waals surface area contributed by atoms with E-state index in [1.807, 2.05) is 159 Å². The minimum absolute atomic E-state index is 0.123. The Hall–Kier alpha value is -9.82. The highest BCUT2D eigenvalue weighted by atomic mass is 19.2. The lowest BCUT2D eigenvalue weighted by atomic mass is 10.0. The quantitative estimate of drug-likeness (QED) is 0.0904. The molecule has 0 bridgehead atoms. The zero-order valence-electron chi connectivity index (χ0n) is 52.1. The molecule has 12 aromatic rings. The van der Waals surface area contributed by atoms with Crippen LogP contribution in [-0.4, -0.2) is 39.1 Å². The van der Waals surface area contributed by atoms with Gasteiger partial charge < -0.3 is 0 Å². The van der Waals surface area contributed by atoms with Crippen molar-refractivity contribution in [3.8, 4) is 22.7 Å². The lowest BCUT2D eigenvalue weighted by Crippen LogP contribution is -2.01. The second kappa shape index (κ2) is 30.4. The standard InChI is InChI=1S/2C19H18F2N2.2C19H19FN2/c2*1-13-12-14(2)23(22-13)16-9-6-15(7-10-16)8-11-17-18(20)4-3-5-19(17)21;2*1-14-13-15(2)22(21-14)18-11-8-16(9-12-18)7-10-17-5-3-4-6-19(17)20/h2*3-7,9-10,12H,8,11H2,1-2H3;2*3-6,8-9,11-13H,7,10H2,1-2H3. The molecule has 0 aliphatic carbocycles. The molecule has 0 saturated carbocycles. The molecular formula is C76H74F6N8. The molecule has 8 aromatic carbocycles. The molecule has 0 atom stereocenters. The average Bonchev–Trinajstić information content (AvgIpc) is 3.63. The Morgan fingerprint density at radius 1 is 0.244 bits per heavy atom. The van der Waals surface area contributed by atoms with Crippen LogP contribution < -0.4 is 0 Å². The predicted octanol–water partition coefficient (Wildman–Crippen LogP) is 17.9. The molecule has 0 saturated heterocycles. The highest BCUT2D eigenvalue weighted by Gasteiger charge is 2.13. The summed E-state index contributed by atoms with van der Waals surface area (Å²) in [4.78, 5) is 0. The summed E-state index contributed by atoms with van der Waals surface area (Å²) in [6, 6.07) is 62.5. The van der Waals surface area contributed by atoms with Gasteiger partial charge in [-0.15, -0.1) is 0 Å². The van der Waals surface area contributed by atoms with Gasteiger partial charge in [0.05, 0.1) is 45.5 Å². The van der Waals surface area contributed by atoms with E-state index in [9.17, 15) is 26.3 Å².